The second-order valence-corrected chi connectivity index (χ2v) is 16.7. The maximum absolute atomic E-state index is 11.6. The molecule has 11 heteroatoms. The van der Waals surface area contributed by atoms with Gasteiger partial charge in [-0.3, -0.25) is 9.11 Å². The van der Waals surface area contributed by atoms with Gasteiger partial charge in [-0.15, -0.1) is 11.3 Å². The van der Waals surface area contributed by atoms with E-state index < -0.39 is 20.2 Å². The van der Waals surface area contributed by atoms with Crippen LogP contribution in [0.1, 0.15) is 43.0 Å². The highest BCUT2D eigenvalue weighted by molar-refractivity contribution is 8.03. The molecule has 2 N–H and O–H groups in total. The van der Waals surface area contributed by atoms with Crippen LogP contribution in [0.15, 0.2) is 94.4 Å². The average molecular weight is 694 g/mol. The number of rotatable bonds is 12. The SMILES string of the molecule is CCC(=C/c1sc2ccc3ccccc3c2c1CCCCS(=O)(=O)O)/C=C1\Sc2ccc3ccccc3c2N1CCCS(=O)(=O)O. The number of hydrogen-bond acceptors (Lipinski definition) is 7. The minimum Gasteiger partial charge on any atom is -0.334 e. The summed E-state index contributed by atoms with van der Waals surface area (Å²) in [7, 11) is -8.10. The van der Waals surface area contributed by atoms with Crippen LogP contribution in [0.4, 0.5) is 5.69 Å². The third kappa shape index (κ3) is 7.35. The quantitative estimate of drug-likeness (QED) is 0.0984. The third-order valence-corrected chi connectivity index (χ3v) is 12.1. The summed E-state index contributed by atoms with van der Waals surface area (Å²) in [4.78, 5) is 4.39. The number of hydrogen-bond donors (Lipinski definition) is 2. The van der Waals surface area contributed by atoms with Gasteiger partial charge >= 0.3 is 0 Å². The molecule has 0 saturated carbocycles. The van der Waals surface area contributed by atoms with Crippen molar-refractivity contribution >= 4 is 86.7 Å². The largest absolute Gasteiger partial charge is 0.334 e. The Kier molecular flexibility index (Phi) is 9.61. The maximum Gasteiger partial charge on any atom is 0.264 e. The van der Waals surface area contributed by atoms with Gasteiger partial charge < -0.3 is 4.90 Å². The topological polar surface area (TPSA) is 112 Å². The molecule has 0 amide bonds. The van der Waals surface area contributed by atoms with Crippen molar-refractivity contribution in [3.63, 3.8) is 0 Å². The number of nitrogens with zero attached hydrogens (tertiary/aromatic N) is 1. The zero-order valence-corrected chi connectivity index (χ0v) is 28.6. The molecule has 2 heterocycles. The van der Waals surface area contributed by atoms with E-state index in [1.807, 2.05) is 24.3 Å². The van der Waals surface area contributed by atoms with Crippen molar-refractivity contribution in [2.75, 3.05) is 23.0 Å². The van der Waals surface area contributed by atoms with Crippen LogP contribution in [0, 0.1) is 0 Å². The number of anilines is 1. The number of aryl methyl sites for hydroxylation is 1. The minimum absolute atomic E-state index is 0.257. The molecule has 1 aliphatic rings. The first-order valence-corrected chi connectivity index (χ1v) is 20.1. The zero-order chi connectivity index (χ0) is 32.5. The van der Waals surface area contributed by atoms with Gasteiger partial charge in [-0.2, -0.15) is 16.8 Å². The highest BCUT2D eigenvalue weighted by Crippen LogP contribution is 2.50. The summed E-state index contributed by atoms with van der Waals surface area (Å²) in [5, 5.41) is 6.68. The first-order chi connectivity index (χ1) is 22.0. The zero-order valence-electron chi connectivity index (χ0n) is 25.3. The van der Waals surface area contributed by atoms with E-state index in [1.54, 1.807) is 23.1 Å². The summed E-state index contributed by atoms with van der Waals surface area (Å²) in [6.07, 6.45) is 7.12. The second kappa shape index (κ2) is 13.5. The van der Waals surface area contributed by atoms with Crippen molar-refractivity contribution in [2.24, 2.45) is 0 Å². The predicted molar refractivity (Wildman–Crippen MR) is 193 cm³/mol. The van der Waals surface area contributed by atoms with Crippen LogP contribution >= 0.6 is 23.1 Å². The Labute approximate surface area is 278 Å². The summed E-state index contributed by atoms with van der Waals surface area (Å²) in [5.74, 6) is -0.568. The average Bonchev–Trinajstić information content (AvgIpc) is 3.55. The fourth-order valence-electron chi connectivity index (χ4n) is 6.08. The molecule has 0 saturated heterocycles. The van der Waals surface area contributed by atoms with Crippen LogP contribution in [-0.4, -0.2) is 44.0 Å². The van der Waals surface area contributed by atoms with E-state index >= 15 is 0 Å². The Bertz CT molecular complexity index is 2220. The van der Waals surface area contributed by atoms with E-state index in [2.05, 4.69) is 72.5 Å². The number of fused-ring (bicyclic) bond motifs is 6. The molecule has 1 aliphatic heterocycles. The lowest BCUT2D eigenvalue weighted by Crippen LogP contribution is -2.22. The fourth-order valence-corrected chi connectivity index (χ4v) is 9.57. The Morgan fingerprint density at radius 2 is 1.46 bits per heavy atom. The molecule has 0 fully saturated rings. The second-order valence-electron chi connectivity index (χ2n) is 11.4. The summed E-state index contributed by atoms with van der Waals surface area (Å²) in [5.41, 5.74) is 3.33. The summed E-state index contributed by atoms with van der Waals surface area (Å²) < 4.78 is 65.8. The van der Waals surface area contributed by atoms with Gasteiger partial charge in [0.25, 0.3) is 20.2 Å². The highest BCUT2D eigenvalue weighted by atomic mass is 32.2. The molecule has 7 nitrogen and oxygen atoms in total. The lowest BCUT2D eigenvalue weighted by Gasteiger charge is -2.22. The van der Waals surface area contributed by atoms with Crippen LogP contribution in [0.5, 0.6) is 0 Å². The van der Waals surface area contributed by atoms with Crippen molar-refractivity contribution in [3.8, 4) is 0 Å². The van der Waals surface area contributed by atoms with Crippen molar-refractivity contribution in [1.82, 2.24) is 0 Å². The molecule has 5 aromatic rings. The van der Waals surface area contributed by atoms with Gasteiger partial charge in [0, 0.05) is 31.8 Å². The predicted octanol–water partition coefficient (Wildman–Crippen LogP) is 8.94. The smallest absolute Gasteiger partial charge is 0.264 e. The molecule has 240 valence electrons. The minimum atomic E-state index is -4.08. The molecule has 6 rings (SSSR count). The normalized spacial score (nSPS) is 15.1. The molecule has 46 heavy (non-hydrogen) atoms. The monoisotopic (exact) mass is 693 g/mol. The third-order valence-electron chi connectivity index (χ3n) is 8.22. The van der Waals surface area contributed by atoms with Gasteiger partial charge in [0.1, 0.15) is 0 Å². The van der Waals surface area contributed by atoms with Crippen LogP contribution < -0.4 is 4.90 Å². The molecular formula is C35H35NO6S4. The van der Waals surface area contributed by atoms with Gasteiger partial charge in [-0.1, -0.05) is 79.3 Å². The Morgan fingerprint density at radius 3 is 2.17 bits per heavy atom. The van der Waals surface area contributed by atoms with Crippen molar-refractivity contribution < 1.29 is 25.9 Å². The number of benzene rings is 4. The lowest BCUT2D eigenvalue weighted by molar-refractivity contribution is 0.478. The number of thiophene rings is 1. The molecule has 0 aliphatic carbocycles. The summed E-state index contributed by atoms with van der Waals surface area (Å²) in [6, 6.07) is 24.9. The van der Waals surface area contributed by atoms with Crippen LogP contribution in [0.3, 0.4) is 0 Å². The molecule has 0 spiro atoms. The van der Waals surface area contributed by atoms with Gasteiger partial charge in [0.15, 0.2) is 0 Å². The molecule has 0 radical (unpaired) electrons. The van der Waals surface area contributed by atoms with Gasteiger partial charge in [-0.05, 0) is 83.7 Å². The van der Waals surface area contributed by atoms with Gasteiger partial charge in [0.05, 0.1) is 22.2 Å². The first kappa shape index (κ1) is 32.7. The Balaban J connectivity index is 1.42. The standard InChI is InChI=1S/C35H35NO6S4/c1-2-24(23-33-36(19-9-21-46(40,41)42)35-28-13-6-4-11-26(28)16-18-31(35)44-33)22-32-29(14-7-8-20-45(37,38)39)34-27-12-5-3-10-25(27)15-17-30(34)43-32/h3-6,10-13,15-18,22-23H,2,7-9,14,19-21H2,1H3,(H,37,38,39)(H,40,41,42)/b24-22-,33-23-. The van der Waals surface area contributed by atoms with E-state index in [0.29, 0.717) is 25.8 Å². The number of thioether (sulfide) groups is 1. The molecule has 0 atom stereocenters. The van der Waals surface area contributed by atoms with Crippen LogP contribution in [0.2, 0.25) is 0 Å². The molecule has 4 aromatic carbocycles. The van der Waals surface area contributed by atoms with Crippen molar-refractivity contribution in [1.29, 1.82) is 0 Å². The van der Waals surface area contributed by atoms with Gasteiger partial charge in [-0.25, -0.2) is 0 Å². The first-order valence-electron chi connectivity index (χ1n) is 15.2. The molecule has 1 aromatic heterocycles. The van der Waals surface area contributed by atoms with E-state index in [1.165, 1.54) is 15.6 Å². The number of allylic oxidation sites excluding steroid dienone is 2. The van der Waals surface area contributed by atoms with E-state index in [9.17, 15) is 25.9 Å². The van der Waals surface area contributed by atoms with Crippen molar-refractivity contribution in [3.05, 3.63) is 99.9 Å². The summed E-state index contributed by atoms with van der Waals surface area (Å²) >= 11 is 3.38. The van der Waals surface area contributed by atoms with E-state index in [0.717, 1.165) is 54.0 Å². The Morgan fingerprint density at radius 1 is 0.804 bits per heavy atom. The van der Waals surface area contributed by atoms with Crippen LogP contribution in [-0.2, 0) is 26.7 Å². The van der Waals surface area contributed by atoms with Gasteiger partial charge in [0.2, 0.25) is 0 Å². The van der Waals surface area contributed by atoms with E-state index in [4.69, 9.17) is 0 Å². The maximum atomic E-state index is 11.6. The number of unbranched alkanes of at least 4 members (excludes halogenated alkanes) is 1. The van der Waals surface area contributed by atoms with Crippen molar-refractivity contribution in [2.45, 2.75) is 43.9 Å². The van der Waals surface area contributed by atoms with E-state index in [-0.39, 0.29) is 17.9 Å². The Hall–Kier alpha value is -3.19. The summed E-state index contributed by atoms with van der Waals surface area (Å²) in [6.45, 7) is 2.55. The lowest BCUT2D eigenvalue weighted by atomic mass is 9.98. The highest BCUT2D eigenvalue weighted by Gasteiger charge is 2.27. The molecule has 0 bridgehead atoms. The van der Waals surface area contributed by atoms with Crippen LogP contribution in [0.25, 0.3) is 37.7 Å². The molecular weight excluding hydrogens is 659 g/mol. The fraction of sp³-hybridized carbons (Fsp3) is 0.257. The molecule has 0 unspecified atom stereocenters.